The third kappa shape index (κ3) is 3.96. The first-order valence-electron chi connectivity index (χ1n) is 13.4. The lowest BCUT2D eigenvalue weighted by molar-refractivity contribution is -0.169. The van der Waals surface area contributed by atoms with Crippen LogP contribution in [0.15, 0.2) is 53.6 Å². The molecule has 0 bridgehead atoms. The molecular formula is C30H37NO7. The number of carbonyl (C=O) groups excluding carboxylic acids is 3. The van der Waals surface area contributed by atoms with E-state index in [1.807, 2.05) is 44.2 Å². The summed E-state index contributed by atoms with van der Waals surface area (Å²) in [5.74, 6) is -2.99. The largest absolute Gasteiger partial charge is 0.458 e. The van der Waals surface area contributed by atoms with Crippen molar-refractivity contribution in [2.24, 2.45) is 23.2 Å². The standard InChI is InChI=1S/C30H37NO7/c1-15-10-9-13-20-23(33)17(3)16(2)22-21(14-19-11-7-6-8-12-19)31-28(35)30(20,22)27(37-18(4)32)24-26(38-24)29(5,36)25(15)34/h6-9,11-13,15,20-24,26-27,33,36H,10,14H2,1-5H3,(H,31,35)/t15-,20-,21-,22-,23+,24+,26+,27+,29-,30-/m0/s1. The van der Waals surface area contributed by atoms with E-state index in [1.54, 1.807) is 19.1 Å². The van der Waals surface area contributed by atoms with Gasteiger partial charge in [-0.05, 0) is 44.7 Å². The molecule has 2 heterocycles. The maximum Gasteiger partial charge on any atom is 0.303 e. The van der Waals surface area contributed by atoms with Crippen LogP contribution >= 0.6 is 0 Å². The van der Waals surface area contributed by atoms with Crippen LogP contribution in [0.3, 0.4) is 0 Å². The number of epoxide rings is 1. The second-order valence-electron chi connectivity index (χ2n) is 11.6. The summed E-state index contributed by atoms with van der Waals surface area (Å²) in [6.07, 6.45) is 0.510. The molecular weight excluding hydrogens is 486 g/mol. The van der Waals surface area contributed by atoms with Crippen molar-refractivity contribution >= 4 is 17.7 Å². The number of aliphatic hydroxyl groups excluding tert-OH is 1. The molecule has 38 heavy (non-hydrogen) atoms. The van der Waals surface area contributed by atoms with Crippen LogP contribution in [0.5, 0.6) is 0 Å². The Morgan fingerprint density at radius 2 is 1.87 bits per heavy atom. The quantitative estimate of drug-likeness (QED) is 0.315. The van der Waals surface area contributed by atoms with E-state index in [1.165, 1.54) is 13.8 Å². The predicted molar refractivity (Wildman–Crippen MR) is 139 cm³/mol. The Morgan fingerprint density at radius 1 is 1.18 bits per heavy atom. The van der Waals surface area contributed by atoms with Gasteiger partial charge in [0.1, 0.15) is 29.3 Å². The van der Waals surface area contributed by atoms with E-state index in [9.17, 15) is 24.6 Å². The van der Waals surface area contributed by atoms with E-state index in [0.717, 1.165) is 16.7 Å². The molecule has 1 aromatic rings. The number of aliphatic hydroxyl groups is 2. The molecule has 2 fully saturated rings. The lowest BCUT2D eigenvalue weighted by Gasteiger charge is -2.50. The van der Waals surface area contributed by atoms with Gasteiger partial charge in [0.2, 0.25) is 5.91 Å². The van der Waals surface area contributed by atoms with E-state index in [-0.39, 0.29) is 17.7 Å². The number of hydrogen-bond acceptors (Lipinski definition) is 7. The highest BCUT2D eigenvalue weighted by Crippen LogP contribution is 2.60. The summed E-state index contributed by atoms with van der Waals surface area (Å²) < 4.78 is 11.9. The minimum Gasteiger partial charge on any atom is -0.458 e. The van der Waals surface area contributed by atoms with Crippen molar-refractivity contribution in [1.29, 1.82) is 0 Å². The lowest BCUT2D eigenvalue weighted by atomic mass is 9.53. The van der Waals surface area contributed by atoms with Gasteiger partial charge in [0.25, 0.3) is 0 Å². The van der Waals surface area contributed by atoms with Crippen LogP contribution in [-0.4, -0.2) is 63.9 Å². The van der Waals surface area contributed by atoms with Crippen LogP contribution in [0, 0.1) is 23.2 Å². The van der Waals surface area contributed by atoms with Gasteiger partial charge < -0.3 is 25.0 Å². The Labute approximate surface area is 223 Å². The Morgan fingerprint density at radius 3 is 2.53 bits per heavy atom. The van der Waals surface area contributed by atoms with Crippen molar-refractivity contribution in [3.8, 4) is 0 Å². The highest BCUT2D eigenvalue weighted by atomic mass is 16.6. The summed E-state index contributed by atoms with van der Waals surface area (Å²) in [5, 5.41) is 26.1. The van der Waals surface area contributed by atoms with Crippen molar-refractivity contribution in [2.45, 2.75) is 83.5 Å². The summed E-state index contributed by atoms with van der Waals surface area (Å²) in [5.41, 5.74) is -0.550. The molecule has 0 unspecified atom stereocenters. The molecule has 1 aromatic carbocycles. The number of amides is 1. The molecule has 8 nitrogen and oxygen atoms in total. The smallest absolute Gasteiger partial charge is 0.303 e. The molecule has 0 aromatic heterocycles. The number of fused-ring (bicyclic) bond motifs is 1. The van der Waals surface area contributed by atoms with Gasteiger partial charge in [-0.2, -0.15) is 0 Å². The first-order chi connectivity index (χ1) is 17.9. The number of ether oxygens (including phenoxy) is 2. The number of ketones is 1. The number of benzene rings is 1. The molecule has 1 spiro atoms. The number of Topliss-reactive ketones (excluding diaryl/α,β-unsaturated/α-hetero) is 1. The highest BCUT2D eigenvalue weighted by Gasteiger charge is 2.73. The van der Waals surface area contributed by atoms with E-state index in [4.69, 9.17) is 9.47 Å². The van der Waals surface area contributed by atoms with Gasteiger partial charge in [0.15, 0.2) is 5.78 Å². The average Bonchev–Trinajstić information content (AvgIpc) is 3.62. The Bertz CT molecular complexity index is 1200. The third-order valence-electron chi connectivity index (χ3n) is 9.27. The summed E-state index contributed by atoms with van der Waals surface area (Å²) >= 11 is 0. The minimum atomic E-state index is -1.82. The molecule has 1 amide bonds. The second kappa shape index (κ2) is 9.43. The summed E-state index contributed by atoms with van der Waals surface area (Å²) in [6.45, 7) is 8.23. The number of nitrogens with one attached hydrogen (secondary N) is 1. The number of hydrogen-bond donors (Lipinski definition) is 3. The molecule has 2 aliphatic heterocycles. The van der Waals surface area contributed by atoms with Gasteiger partial charge in [0.05, 0.1) is 6.10 Å². The van der Waals surface area contributed by atoms with Gasteiger partial charge in [-0.1, -0.05) is 55.0 Å². The van der Waals surface area contributed by atoms with Crippen molar-refractivity contribution in [3.05, 3.63) is 59.2 Å². The molecule has 2 aliphatic carbocycles. The van der Waals surface area contributed by atoms with Crippen LogP contribution in [0.1, 0.15) is 46.6 Å². The number of esters is 1. The summed E-state index contributed by atoms with van der Waals surface area (Å²) in [6, 6.07) is 9.51. The fraction of sp³-hybridized carbons (Fsp3) is 0.567. The lowest BCUT2D eigenvalue weighted by Crippen LogP contribution is -2.60. The fourth-order valence-corrected chi connectivity index (χ4v) is 7.27. The van der Waals surface area contributed by atoms with Gasteiger partial charge in [0, 0.05) is 30.7 Å². The minimum absolute atomic E-state index is 0.325. The first kappa shape index (κ1) is 26.8. The van der Waals surface area contributed by atoms with Crippen LogP contribution in [-0.2, 0) is 30.3 Å². The summed E-state index contributed by atoms with van der Waals surface area (Å²) in [7, 11) is 0. The normalized spacial score (nSPS) is 42.4. The molecule has 5 rings (SSSR count). The maximum atomic E-state index is 14.3. The zero-order valence-corrected chi connectivity index (χ0v) is 22.5. The molecule has 2 saturated heterocycles. The van der Waals surface area contributed by atoms with Crippen LogP contribution in [0.2, 0.25) is 0 Å². The second-order valence-corrected chi connectivity index (χ2v) is 11.6. The maximum absolute atomic E-state index is 14.3. The Hall–Kier alpha value is -2.81. The fourth-order valence-electron chi connectivity index (χ4n) is 7.27. The molecule has 8 heteroatoms. The zero-order chi connectivity index (χ0) is 27.6. The van der Waals surface area contributed by atoms with Gasteiger partial charge in [-0.15, -0.1) is 0 Å². The van der Waals surface area contributed by atoms with E-state index >= 15 is 0 Å². The van der Waals surface area contributed by atoms with Gasteiger partial charge >= 0.3 is 5.97 Å². The van der Waals surface area contributed by atoms with Crippen LogP contribution < -0.4 is 5.32 Å². The van der Waals surface area contributed by atoms with Gasteiger partial charge in [-0.25, -0.2) is 0 Å². The predicted octanol–water partition coefficient (Wildman–Crippen LogP) is 2.27. The number of allylic oxidation sites excluding steroid dienone is 1. The van der Waals surface area contributed by atoms with Gasteiger partial charge in [-0.3, -0.25) is 14.4 Å². The van der Waals surface area contributed by atoms with E-state index in [2.05, 4.69) is 5.32 Å². The molecule has 4 aliphatic rings. The zero-order valence-electron chi connectivity index (χ0n) is 22.5. The molecule has 10 atom stereocenters. The monoisotopic (exact) mass is 523 g/mol. The SMILES string of the molecule is CC(=O)O[C@@H]1[C@@H]2O[C@H]2[C@@](C)(O)C(=O)[C@@H](C)CC=C[C@H]2[C@H](O)C(C)=C(C)[C@H]3[C@H](Cc4ccccc4)NC(=O)[C@@]123. The van der Waals surface area contributed by atoms with Crippen molar-refractivity contribution < 1.29 is 34.1 Å². The first-order valence-corrected chi connectivity index (χ1v) is 13.4. The van der Waals surface area contributed by atoms with Crippen molar-refractivity contribution in [2.75, 3.05) is 0 Å². The molecule has 0 saturated carbocycles. The highest BCUT2D eigenvalue weighted by molar-refractivity contribution is 5.91. The molecule has 0 radical (unpaired) electrons. The number of carbonyl (C=O) groups is 3. The Balaban J connectivity index is 1.72. The van der Waals surface area contributed by atoms with Crippen molar-refractivity contribution in [3.63, 3.8) is 0 Å². The molecule has 3 N–H and O–H groups in total. The van der Waals surface area contributed by atoms with E-state index < -0.39 is 59.2 Å². The van der Waals surface area contributed by atoms with E-state index in [0.29, 0.717) is 12.8 Å². The average molecular weight is 524 g/mol. The molecule has 204 valence electrons. The topological polar surface area (TPSA) is 125 Å². The number of rotatable bonds is 3. The van der Waals surface area contributed by atoms with Crippen LogP contribution in [0.25, 0.3) is 0 Å². The third-order valence-corrected chi connectivity index (χ3v) is 9.27. The van der Waals surface area contributed by atoms with Crippen LogP contribution in [0.4, 0.5) is 0 Å². The Kier molecular flexibility index (Phi) is 6.65. The summed E-state index contributed by atoms with van der Waals surface area (Å²) in [4.78, 5) is 40.0. The van der Waals surface area contributed by atoms with Crippen molar-refractivity contribution in [1.82, 2.24) is 5.32 Å².